The van der Waals surface area contributed by atoms with Crippen molar-refractivity contribution in [2.45, 2.75) is 13.5 Å². The highest BCUT2D eigenvalue weighted by Crippen LogP contribution is 2.14. The van der Waals surface area contributed by atoms with Crippen LogP contribution in [0.5, 0.6) is 0 Å². The zero-order chi connectivity index (χ0) is 15.2. The van der Waals surface area contributed by atoms with Gasteiger partial charge in [-0.2, -0.15) is 0 Å². The van der Waals surface area contributed by atoms with Gasteiger partial charge in [-0.3, -0.25) is 4.79 Å². The van der Waals surface area contributed by atoms with Gasteiger partial charge in [0.15, 0.2) is 0 Å². The molecular formula is C15H18ClN3O2. The molecule has 2 N–H and O–H groups in total. The number of nitrogens with one attached hydrogen (secondary N) is 2. The monoisotopic (exact) mass is 307 g/mol. The molecule has 2 rings (SSSR count). The summed E-state index contributed by atoms with van der Waals surface area (Å²) in [7, 11) is 0. The molecule has 5 nitrogen and oxygen atoms in total. The molecule has 0 atom stereocenters. The largest absolute Gasteiger partial charge is 0.376 e. The molecule has 0 spiro atoms. The first kappa shape index (κ1) is 15.7. The van der Waals surface area contributed by atoms with E-state index in [0.29, 0.717) is 48.1 Å². The van der Waals surface area contributed by atoms with Crippen LogP contribution in [0, 0.1) is 0 Å². The van der Waals surface area contributed by atoms with Crippen molar-refractivity contribution in [3.63, 3.8) is 0 Å². The minimum Gasteiger partial charge on any atom is -0.376 e. The van der Waals surface area contributed by atoms with Crippen molar-refractivity contribution in [1.82, 2.24) is 15.3 Å². The van der Waals surface area contributed by atoms with Gasteiger partial charge in [0.25, 0.3) is 5.56 Å². The molecule has 1 heterocycles. The molecule has 0 radical (unpaired) electrons. The van der Waals surface area contributed by atoms with E-state index in [1.54, 1.807) is 18.2 Å². The molecule has 0 fully saturated rings. The summed E-state index contributed by atoms with van der Waals surface area (Å²) >= 11 is 5.92. The smallest absolute Gasteiger partial charge is 0.258 e. The van der Waals surface area contributed by atoms with Crippen molar-refractivity contribution in [2.24, 2.45) is 0 Å². The molecule has 0 aliphatic carbocycles. The molecule has 0 aliphatic heterocycles. The molecule has 21 heavy (non-hydrogen) atoms. The summed E-state index contributed by atoms with van der Waals surface area (Å²) in [4.78, 5) is 19.1. The van der Waals surface area contributed by atoms with Crippen LogP contribution < -0.4 is 10.9 Å². The molecule has 112 valence electrons. The van der Waals surface area contributed by atoms with Gasteiger partial charge in [0.2, 0.25) is 0 Å². The normalized spacial score (nSPS) is 11.0. The van der Waals surface area contributed by atoms with Crippen molar-refractivity contribution >= 4 is 22.5 Å². The van der Waals surface area contributed by atoms with Gasteiger partial charge in [-0.05, 0) is 25.1 Å². The van der Waals surface area contributed by atoms with Crippen LogP contribution in [0.25, 0.3) is 10.9 Å². The topological polar surface area (TPSA) is 67.0 Å². The van der Waals surface area contributed by atoms with Crippen LogP contribution in [0.2, 0.25) is 5.02 Å². The quantitative estimate of drug-likeness (QED) is 0.608. The number of hydrogen-bond donors (Lipinski definition) is 2. The molecule has 1 aromatic carbocycles. The highest BCUT2D eigenvalue weighted by molar-refractivity contribution is 6.31. The van der Waals surface area contributed by atoms with Gasteiger partial charge in [-0.1, -0.05) is 23.8 Å². The van der Waals surface area contributed by atoms with Gasteiger partial charge < -0.3 is 15.0 Å². The average Bonchev–Trinajstić information content (AvgIpc) is 2.41. The molecule has 0 saturated heterocycles. The summed E-state index contributed by atoms with van der Waals surface area (Å²) in [6.45, 7) is 7.96. The minimum atomic E-state index is -0.160. The maximum atomic E-state index is 11.9. The second-order valence-electron chi connectivity index (χ2n) is 4.86. The van der Waals surface area contributed by atoms with Gasteiger partial charge in [-0.25, -0.2) is 4.98 Å². The maximum absolute atomic E-state index is 11.9. The summed E-state index contributed by atoms with van der Waals surface area (Å²) in [5.41, 5.74) is 1.43. The number of H-pyrrole nitrogens is 1. The van der Waals surface area contributed by atoms with E-state index in [0.717, 1.165) is 5.57 Å². The maximum Gasteiger partial charge on any atom is 0.258 e. The number of aromatic amines is 1. The number of aromatic nitrogens is 2. The summed E-state index contributed by atoms with van der Waals surface area (Å²) in [6.07, 6.45) is 0. The van der Waals surface area contributed by atoms with E-state index in [4.69, 9.17) is 16.3 Å². The molecule has 2 aromatic rings. The number of fused-ring (bicyclic) bond motifs is 1. The SMILES string of the molecule is C=C(C)COCCNCc1nc2cc(Cl)ccc2c(=O)[nH]1. The molecule has 6 heteroatoms. The Hall–Kier alpha value is -1.69. The highest BCUT2D eigenvalue weighted by atomic mass is 35.5. The third kappa shape index (κ3) is 4.67. The van der Waals surface area contributed by atoms with Crippen LogP contribution in [-0.4, -0.2) is 29.7 Å². The Morgan fingerprint density at radius 2 is 2.33 bits per heavy atom. The predicted octanol–water partition coefficient (Wildman–Crippen LogP) is 2.26. The van der Waals surface area contributed by atoms with Crippen molar-refractivity contribution in [2.75, 3.05) is 19.8 Å². The zero-order valence-corrected chi connectivity index (χ0v) is 12.7. The molecule has 0 amide bonds. The van der Waals surface area contributed by atoms with Crippen LogP contribution in [0.4, 0.5) is 0 Å². The minimum absolute atomic E-state index is 0.160. The zero-order valence-electron chi connectivity index (χ0n) is 11.9. The van der Waals surface area contributed by atoms with Gasteiger partial charge in [0.1, 0.15) is 5.82 Å². The number of halogens is 1. The molecule has 0 unspecified atom stereocenters. The van der Waals surface area contributed by atoms with Crippen molar-refractivity contribution in [3.05, 3.63) is 51.6 Å². The number of ether oxygens (including phenoxy) is 1. The molecule has 0 bridgehead atoms. The van der Waals surface area contributed by atoms with E-state index in [-0.39, 0.29) is 5.56 Å². The fraction of sp³-hybridized carbons (Fsp3) is 0.333. The van der Waals surface area contributed by atoms with E-state index in [9.17, 15) is 4.79 Å². The lowest BCUT2D eigenvalue weighted by Crippen LogP contribution is -2.23. The van der Waals surface area contributed by atoms with Crippen LogP contribution in [-0.2, 0) is 11.3 Å². The summed E-state index contributed by atoms with van der Waals surface area (Å²) in [5.74, 6) is 0.578. The molecule has 0 saturated carbocycles. The molecule has 1 aromatic heterocycles. The van der Waals surface area contributed by atoms with Crippen molar-refractivity contribution in [1.29, 1.82) is 0 Å². The van der Waals surface area contributed by atoms with Crippen molar-refractivity contribution in [3.8, 4) is 0 Å². The van der Waals surface area contributed by atoms with Crippen LogP contribution in [0.1, 0.15) is 12.7 Å². The highest BCUT2D eigenvalue weighted by Gasteiger charge is 2.04. The van der Waals surface area contributed by atoms with Crippen LogP contribution in [0.15, 0.2) is 35.1 Å². The first-order valence-electron chi connectivity index (χ1n) is 6.67. The van der Waals surface area contributed by atoms with Gasteiger partial charge in [0, 0.05) is 11.6 Å². The lowest BCUT2D eigenvalue weighted by Gasteiger charge is -2.06. The third-order valence-electron chi connectivity index (χ3n) is 2.78. The number of nitrogens with zero attached hydrogens (tertiary/aromatic N) is 1. The van der Waals surface area contributed by atoms with Gasteiger partial charge in [-0.15, -0.1) is 0 Å². The average molecular weight is 308 g/mol. The Morgan fingerprint density at radius 1 is 1.52 bits per heavy atom. The van der Waals surface area contributed by atoms with E-state index in [2.05, 4.69) is 21.9 Å². The summed E-state index contributed by atoms with van der Waals surface area (Å²) in [6, 6.07) is 5.04. The van der Waals surface area contributed by atoms with Gasteiger partial charge in [0.05, 0.1) is 30.7 Å². The Kier molecular flexibility index (Phi) is 5.50. The Labute approximate surface area is 128 Å². The summed E-state index contributed by atoms with van der Waals surface area (Å²) < 4.78 is 5.37. The number of hydrogen-bond acceptors (Lipinski definition) is 4. The Morgan fingerprint density at radius 3 is 3.10 bits per heavy atom. The Bertz CT molecular complexity index is 697. The van der Waals surface area contributed by atoms with E-state index in [1.165, 1.54) is 0 Å². The first-order valence-corrected chi connectivity index (χ1v) is 7.05. The standard InChI is InChI=1S/C15H18ClN3O2/c1-10(2)9-21-6-5-17-8-14-18-13-7-11(16)3-4-12(13)15(20)19-14/h3-4,7,17H,1,5-6,8-9H2,2H3,(H,18,19,20). The molecular weight excluding hydrogens is 290 g/mol. The van der Waals surface area contributed by atoms with Crippen LogP contribution in [0.3, 0.4) is 0 Å². The number of benzene rings is 1. The fourth-order valence-corrected chi connectivity index (χ4v) is 2.01. The van der Waals surface area contributed by atoms with E-state index in [1.807, 2.05) is 6.92 Å². The van der Waals surface area contributed by atoms with Crippen LogP contribution >= 0.6 is 11.6 Å². The first-order chi connectivity index (χ1) is 10.1. The van der Waals surface area contributed by atoms with E-state index < -0.39 is 0 Å². The summed E-state index contributed by atoms with van der Waals surface area (Å²) in [5, 5.41) is 4.26. The predicted molar refractivity (Wildman–Crippen MR) is 84.7 cm³/mol. The fourth-order valence-electron chi connectivity index (χ4n) is 1.84. The second kappa shape index (κ2) is 7.36. The lowest BCUT2D eigenvalue weighted by molar-refractivity contribution is 0.157. The van der Waals surface area contributed by atoms with Crippen molar-refractivity contribution < 1.29 is 4.74 Å². The van der Waals surface area contributed by atoms with Gasteiger partial charge >= 0.3 is 0 Å². The number of rotatable bonds is 7. The Balaban J connectivity index is 1.93. The second-order valence-corrected chi connectivity index (χ2v) is 5.30. The molecule has 0 aliphatic rings. The van der Waals surface area contributed by atoms with E-state index >= 15 is 0 Å². The lowest BCUT2D eigenvalue weighted by atomic mass is 10.2. The third-order valence-corrected chi connectivity index (χ3v) is 3.02.